The molecule has 1 N–H and O–H groups in total. The van der Waals surface area contributed by atoms with E-state index < -0.39 is 0 Å². The third kappa shape index (κ3) is 1.35. The number of hydrogen-bond acceptors (Lipinski definition) is 1. The van der Waals surface area contributed by atoms with Crippen LogP contribution in [0, 0.1) is 0 Å². The molecule has 1 heterocycles. The summed E-state index contributed by atoms with van der Waals surface area (Å²) in [6, 6.07) is 5.43. The summed E-state index contributed by atoms with van der Waals surface area (Å²) in [6.45, 7) is 1.78. The molecule has 0 saturated carbocycles. The minimum absolute atomic E-state index is 0.685. The zero-order valence-corrected chi connectivity index (χ0v) is 5.74. The van der Waals surface area contributed by atoms with Crippen molar-refractivity contribution in [3.63, 3.8) is 0 Å². The van der Waals surface area contributed by atoms with Gasteiger partial charge in [0.05, 0.1) is 11.8 Å². The summed E-state index contributed by atoms with van der Waals surface area (Å²) >= 11 is 0. The van der Waals surface area contributed by atoms with E-state index in [4.69, 9.17) is 9.52 Å². The Hall–Kier alpha value is -1.31. The SMILES string of the molecule is CC(=CO)c1cccc[o+]1. The molecule has 10 heavy (non-hydrogen) atoms. The Morgan fingerprint density at radius 3 is 2.90 bits per heavy atom. The summed E-state index contributed by atoms with van der Waals surface area (Å²) in [5.41, 5.74) is 0.723. The van der Waals surface area contributed by atoms with Crippen LogP contribution in [0.3, 0.4) is 0 Å². The first-order chi connectivity index (χ1) is 4.84. The molecule has 1 aromatic rings. The number of allylic oxidation sites excluding steroid dienone is 1. The van der Waals surface area contributed by atoms with Gasteiger partial charge in [-0.25, -0.2) is 4.42 Å². The third-order valence-corrected chi connectivity index (χ3v) is 1.21. The van der Waals surface area contributed by atoms with Gasteiger partial charge < -0.3 is 5.11 Å². The Balaban J connectivity index is 2.96. The maximum atomic E-state index is 8.57. The van der Waals surface area contributed by atoms with Crippen molar-refractivity contribution in [2.75, 3.05) is 0 Å². The van der Waals surface area contributed by atoms with Gasteiger partial charge >= 0.3 is 12.0 Å². The second kappa shape index (κ2) is 3.01. The first-order valence-corrected chi connectivity index (χ1v) is 3.03. The van der Waals surface area contributed by atoms with Crippen molar-refractivity contribution in [1.29, 1.82) is 0 Å². The van der Waals surface area contributed by atoms with Crippen molar-refractivity contribution in [1.82, 2.24) is 0 Å². The van der Waals surface area contributed by atoms with Gasteiger partial charge in [0.15, 0.2) is 0 Å². The van der Waals surface area contributed by atoms with Crippen LogP contribution in [0.1, 0.15) is 12.7 Å². The minimum Gasteiger partial charge on any atom is -0.515 e. The Morgan fingerprint density at radius 2 is 2.40 bits per heavy atom. The molecular weight excluding hydrogens is 128 g/mol. The summed E-state index contributed by atoms with van der Waals surface area (Å²) in [5.74, 6) is 0.685. The van der Waals surface area contributed by atoms with Crippen molar-refractivity contribution in [3.8, 4) is 0 Å². The molecule has 0 aliphatic carbocycles. The van der Waals surface area contributed by atoms with Crippen LogP contribution in [0.15, 0.2) is 35.1 Å². The molecule has 2 heteroatoms. The van der Waals surface area contributed by atoms with Crippen molar-refractivity contribution in [2.24, 2.45) is 0 Å². The quantitative estimate of drug-likeness (QED) is 0.476. The fraction of sp³-hybridized carbons (Fsp3) is 0.125. The van der Waals surface area contributed by atoms with Crippen LogP contribution in [0.4, 0.5) is 0 Å². The molecule has 0 aromatic carbocycles. The number of hydrogen-bond donors (Lipinski definition) is 1. The molecule has 0 bridgehead atoms. The van der Waals surface area contributed by atoms with E-state index in [1.807, 2.05) is 6.07 Å². The van der Waals surface area contributed by atoms with Crippen molar-refractivity contribution >= 4 is 5.57 Å². The van der Waals surface area contributed by atoms with Crippen LogP contribution in [-0.2, 0) is 0 Å². The first kappa shape index (κ1) is 6.81. The molecule has 0 radical (unpaired) electrons. The molecule has 1 aromatic heterocycles. The van der Waals surface area contributed by atoms with E-state index in [0.717, 1.165) is 11.8 Å². The maximum absolute atomic E-state index is 8.57. The van der Waals surface area contributed by atoms with Gasteiger partial charge in [-0.15, -0.1) is 0 Å². The third-order valence-electron chi connectivity index (χ3n) is 1.21. The Morgan fingerprint density at radius 1 is 1.60 bits per heavy atom. The van der Waals surface area contributed by atoms with Crippen LogP contribution >= 0.6 is 0 Å². The molecular formula is C8H9O2+. The van der Waals surface area contributed by atoms with Gasteiger partial charge in [0.1, 0.15) is 0 Å². The fourth-order valence-electron chi connectivity index (χ4n) is 0.628. The largest absolute Gasteiger partial charge is 0.515 e. The highest BCUT2D eigenvalue weighted by Gasteiger charge is 2.06. The van der Waals surface area contributed by atoms with Crippen LogP contribution in [0.5, 0.6) is 0 Å². The predicted molar refractivity (Wildman–Crippen MR) is 39.4 cm³/mol. The lowest BCUT2D eigenvalue weighted by molar-refractivity contribution is 0.469. The minimum atomic E-state index is 0.685. The average Bonchev–Trinajstić information content (AvgIpc) is 2.05. The summed E-state index contributed by atoms with van der Waals surface area (Å²) in [7, 11) is 0. The lowest BCUT2D eigenvalue weighted by Gasteiger charge is -1.83. The molecule has 0 aliphatic heterocycles. The van der Waals surface area contributed by atoms with Gasteiger partial charge in [-0.2, -0.15) is 0 Å². The Labute approximate surface area is 59.4 Å². The van der Waals surface area contributed by atoms with Gasteiger partial charge in [-0.05, 0) is 13.0 Å². The van der Waals surface area contributed by atoms with Gasteiger partial charge in [0.25, 0.3) is 0 Å². The molecule has 0 fully saturated rings. The molecule has 1 rings (SSSR count). The number of aliphatic hydroxyl groups is 1. The molecule has 0 spiro atoms. The highest BCUT2D eigenvalue weighted by Crippen LogP contribution is 2.10. The van der Waals surface area contributed by atoms with Gasteiger partial charge in [0.2, 0.25) is 0 Å². The summed E-state index contributed by atoms with van der Waals surface area (Å²) < 4.78 is 5.05. The van der Waals surface area contributed by atoms with Crippen LogP contribution in [-0.4, -0.2) is 5.11 Å². The zero-order valence-electron chi connectivity index (χ0n) is 5.74. The Kier molecular flexibility index (Phi) is 2.05. The van der Waals surface area contributed by atoms with E-state index in [0.29, 0.717) is 5.76 Å². The van der Waals surface area contributed by atoms with Crippen LogP contribution in [0.25, 0.3) is 5.57 Å². The smallest absolute Gasteiger partial charge is 0.358 e. The van der Waals surface area contributed by atoms with Crippen molar-refractivity contribution in [2.45, 2.75) is 6.92 Å². The second-order valence-corrected chi connectivity index (χ2v) is 1.98. The number of aliphatic hydroxyl groups excluding tert-OH is 1. The van der Waals surface area contributed by atoms with E-state index in [2.05, 4.69) is 0 Å². The molecule has 0 atom stereocenters. The molecule has 52 valence electrons. The number of rotatable bonds is 1. The molecule has 0 aliphatic rings. The zero-order chi connectivity index (χ0) is 7.40. The average molecular weight is 137 g/mol. The van der Waals surface area contributed by atoms with E-state index in [1.165, 1.54) is 0 Å². The molecule has 0 unspecified atom stereocenters. The van der Waals surface area contributed by atoms with Gasteiger partial charge in [-0.3, -0.25) is 0 Å². The molecule has 0 amide bonds. The van der Waals surface area contributed by atoms with Gasteiger partial charge in [0, 0.05) is 12.1 Å². The monoisotopic (exact) mass is 137 g/mol. The standard InChI is InChI=1S/C8H8O2/c1-7(6-9)8-4-2-3-5-10-8/h2-6H,1H3/p+1. The van der Waals surface area contributed by atoms with Crippen molar-refractivity contribution < 1.29 is 9.52 Å². The summed E-state index contributed by atoms with van der Waals surface area (Å²) in [6.07, 6.45) is 2.60. The van der Waals surface area contributed by atoms with Gasteiger partial charge in [-0.1, -0.05) is 0 Å². The van der Waals surface area contributed by atoms with E-state index in [-0.39, 0.29) is 0 Å². The normalized spacial score (nSPS) is 11.5. The predicted octanol–water partition coefficient (Wildman–Crippen LogP) is 2.48. The first-order valence-electron chi connectivity index (χ1n) is 3.03. The summed E-state index contributed by atoms with van der Waals surface area (Å²) in [5, 5.41) is 8.57. The fourth-order valence-corrected chi connectivity index (χ4v) is 0.628. The maximum Gasteiger partial charge on any atom is 0.358 e. The molecule has 0 saturated heterocycles. The van der Waals surface area contributed by atoms with E-state index in [9.17, 15) is 0 Å². The van der Waals surface area contributed by atoms with Crippen molar-refractivity contribution in [3.05, 3.63) is 36.5 Å². The second-order valence-electron chi connectivity index (χ2n) is 1.98. The lowest BCUT2D eigenvalue weighted by atomic mass is 10.2. The van der Waals surface area contributed by atoms with E-state index in [1.54, 1.807) is 25.3 Å². The molecule has 2 nitrogen and oxygen atoms in total. The summed E-state index contributed by atoms with van der Waals surface area (Å²) in [4.78, 5) is 0. The highest BCUT2D eigenvalue weighted by molar-refractivity contribution is 5.56. The van der Waals surface area contributed by atoms with Crippen LogP contribution < -0.4 is 0 Å². The topological polar surface area (TPSA) is 31.5 Å². The van der Waals surface area contributed by atoms with Crippen LogP contribution in [0.2, 0.25) is 0 Å². The Bertz CT molecular complexity index is 226. The highest BCUT2D eigenvalue weighted by atomic mass is 16.3. The lowest BCUT2D eigenvalue weighted by Crippen LogP contribution is -1.76. The van der Waals surface area contributed by atoms with E-state index >= 15 is 0 Å².